The van der Waals surface area contributed by atoms with Gasteiger partial charge in [0.1, 0.15) is 5.82 Å². The van der Waals surface area contributed by atoms with Gasteiger partial charge in [0.05, 0.1) is 11.9 Å². The SMILES string of the molecule is CC(Cc1ccccc1F)NC(=O)NCc1ccccc1NS(C)(=O)=O. The van der Waals surface area contributed by atoms with Crippen molar-refractivity contribution in [3.8, 4) is 0 Å². The Bertz CT molecular complexity index is 871. The van der Waals surface area contributed by atoms with Crippen molar-refractivity contribution in [3.05, 3.63) is 65.5 Å². The van der Waals surface area contributed by atoms with Crippen molar-refractivity contribution in [2.45, 2.75) is 25.9 Å². The summed E-state index contributed by atoms with van der Waals surface area (Å²) in [7, 11) is -3.41. The molecule has 0 spiro atoms. The van der Waals surface area contributed by atoms with Gasteiger partial charge in [0.2, 0.25) is 10.0 Å². The van der Waals surface area contributed by atoms with E-state index in [0.717, 1.165) is 6.26 Å². The largest absolute Gasteiger partial charge is 0.335 e. The lowest BCUT2D eigenvalue weighted by Gasteiger charge is -2.16. The predicted octanol–water partition coefficient (Wildman–Crippen LogP) is 2.63. The van der Waals surface area contributed by atoms with E-state index in [4.69, 9.17) is 0 Å². The van der Waals surface area contributed by atoms with E-state index in [9.17, 15) is 17.6 Å². The highest BCUT2D eigenvalue weighted by Crippen LogP contribution is 2.16. The van der Waals surface area contributed by atoms with Gasteiger partial charge >= 0.3 is 6.03 Å². The van der Waals surface area contributed by atoms with E-state index in [2.05, 4.69) is 15.4 Å². The monoisotopic (exact) mass is 379 g/mol. The molecular weight excluding hydrogens is 357 g/mol. The number of nitrogens with one attached hydrogen (secondary N) is 3. The van der Waals surface area contributed by atoms with Gasteiger partial charge in [-0.05, 0) is 36.6 Å². The van der Waals surface area contributed by atoms with Gasteiger partial charge in [0.15, 0.2) is 0 Å². The molecule has 8 heteroatoms. The van der Waals surface area contributed by atoms with Gasteiger partial charge in [-0.3, -0.25) is 4.72 Å². The fourth-order valence-electron chi connectivity index (χ4n) is 2.47. The number of urea groups is 1. The van der Waals surface area contributed by atoms with Crippen molar-refractivity contribution in [2.75, 3.05) is 11.0 Å². The molecule has 0 aliphatic rings. The lowest BCUT2D eigenvalue weighted by atomic mass is 10.1. The number of sulfonamides is 1. The van der Waals surface area contributed by atoms with Crippen molar-refractivity contribution in [3.63, 3.8) is 0 Å². The molecule has 2 aromatic carbocycles. The first kappa shape index (κ1) is 19.7. The Morgan fingerprint density at radius 1 is 1.08 bits per heavy atom. The maximum Gasteiger partial charge on any atom is 0.315 e. The van der Waals surface area contributed by atoms with Crippen molar-refractivity contribution < 1.29 is 17.6 Å². The van der Waals surface area contributed by atoms with E-state index in [-0.39, 0.29) is 18.4 Å². The average molecular weight is 379 g/mol. The summed E-state index contributed by atoms with van der Waals surface area (Å²) in [6.07, 6.45) is 1.43. The molecule has 0 bridgehead atoms. The first-order chi connectivity index (χ1) is 12.2. The molecule has 1 atom stereocenters. The van der Waals surface area contributed by atoms with Gasteiger partial charge in [0.25, 0.3) is 0 Å². The molecular formula is C18H22FN3O3S. The Morgan fingerprint density at radius 2 is 1.69 bits per heavy atom. The lowest BCUT2D eigenvalue weighted by molar-refractivity contribution is 0.237. The van der Waals surface area contributed by atoms with Gasteiger partial charge in [0, 0.05) is 12.6 Å². The van der Waals surface area contributed by atoms with Crippen molar-refractivity contribution in [2.24, 2.45) is 0 Å². The van der Waals surface area contributed by atoms with Gasteiger partial charge in [-0.1, -0.05) is 36.4 Å². The lowest BCUT2D eigenvalue weighted by Crippen LogP contribution is -2.41. The van der Waals surface area contributed by atoms with E-state index >= 15 is 0 Å². The van der Waals surface area contributed by atoms with Crippen LogP contribution in [0.1, 0.15) is 18.1 Å². The molecule has 0 fully saturated rings. The summed E-state index contributed by atoms with van der Waals surface area (Å²) < 4.78 is 38.9. The van der Waals surface area contributed by atoms with Crippen LogP contribution in [-0.4, -0.2) is 26.7 Å². The molecule has 0 radical (unpaired) electrons. The van der Waals surface area contributed by atoms with Crippen LogP contribution in [0.5, 0.6) is 0 Å². The number of anilines is 1. The zero-order valence-electron chi connectivity index (χ0n) is 14.6. The number of benzene rings is 2. The first-order valence-electron chi connectivity index (χ1n) is 8.08. The van der Waals surface area contributed by atoms with Crippen LogP contribution in [-0.2, 0) is 23.0 Å². The van der Waals surface area contributed by atoms with Gasteiger partial charge < -0.3 is 10.6 Å². The molecule has 0 saturated carbocycles. The molecule has 0 aromatic heterocycles. The van der Waals surface area contributed by atoms with Crippen molar-refractivity contribution in [1.82, 2.24) is 10.6 Å². The van der Waals surface area contributed by atoms with Crippen LogP contribution in [0.2, 0.25) is 0 Å². The van der Waals surface area contributed by atoms with Gasteiger partial charge in [-0.25, -0.2) is 17.6 Å². The number of hydrogen-bond donors (Lipinski definition) is 3. The minimum atomic E-state index is -3.41. The Labute approximate surface area is 152 Å². The van der Waals surface area contributed by atoms with Crippen LogP contribution in [0.15, 0.2) is 48.5 Å². The van der Waals surface area contributed by atoms with Crippen LogP contribution in [0.3, 0.4) is 0 Å². The first-order valence-corrected chi connectivity index (χ1v) is 9.97. The second-order valence-corrected chi connectivity index (χ2v) is 7.80. The fraction of sp³-hybridized carbons (Fsp3) is 0.278. The summed E-state index contributed by atoms with van der Waals surface area (Å²) in [6.45, 7) is 1.93. The minimum absolute atomic E-state index is 0.150. The number of amides is 2. The number of rotatable bonds is 7. The standard InChI is InChI=1S/C18H22FN3O3S/c1-13(11-14-7-3-5-9-16(14)19)21-18(23)20-12-15-8-4-6-10-17(15)22-26(2,24)25/h3-10,13,22H,11-12H2,1-2H3,(H2,20,21,23). The maximum atomic E-state index is 13.7. The van der Waals surface area contributed by atoms with Crippen LogP contribution < -0.4 is 15.4 Å². The molecule has 140 valence electrons. The third kappa shape index (κ3) is 6.36. The van der Waals surface area contributed by atoms with E-state index in [1.165, 1.54) is 6.07 Å². The highest BCUT2D eigenvalue weighted by molar-refractivity contribution is 7.92. The Hall–Kier alpha value is -2.61. The van der Waals surface area contributed by atoms with Crippen molar-refractivity contribution in [1.29, 1.82) is 0 Å². The molecule has 0 aliphatic carbocycles. The number of halogens is 1. The molecule has 2 rings (SSSR count). The molecule has 0 saturated heterocycles. The maximum absolute atomic E-state index is 13.7. The normalized spacial score (nSPS) is 12.3. The Morgan fingerprint density at radius 3 is 2.35 bits per heavy atom. The molecule has 2 aromatic rings. The van der Waals surface area contributed by atoms with Gasteiger partial charge in [-0.15, -0.1) is 0 Å². The second kappa shape index (κ2) is 8.66. The molecule has 3 N–H and O–H groups in total. The molecule has 2 amide bonds. The number of carbonyl (C=O) groups is 1. The third-order valence-corrected chi connectivity index (χ3v) is 4.20. The summed E-state index contributed by atoms with van der Waals surface area (Å²) in [6, 6.07) is 12.5. The number of hydrogen-bond acceptors (Lipinski definition) is 3. The molecule has 1 unspecified atom stereocenters. The summed E-state index contributed by atoms with van der Waals surface area (Å²) in [5, 5.41) is 5.42. The van der Waals surface area contributed by atoms with E-state index < -0.39 is 16.1 Å². The highest BCUT2D eigenvalue weighted by atomic mass is 32.2. The van der Waals surface area contributed by atoms with E-state index in [1.54, 1.807) is 49.4 Å². The highest BCUT2D eigenvalue weighted by Gasteiger charge is 2.12. The quantitative estimate of drug-likeness (QED) is 0.691. The zero-order chi connectivity index (χ0) is 19.2. The Kier molecular flexibility index (Phi) is 6.57. The third-order valence-electron chi connectivity index (χ3n) is 3.61. The van der Waals surface area contributed by atoms with Crippen LogP contribution in [0, 0.1) is 5.82 Å². The smallest absolute Gasteiger partial charge is 0.315 e. The van der Waals surface area contributed by atoms with E-state index in [0.29, 0.717) is 23.2 Å². The average Bonchev–Trinajstić information content (AvgIpc) is 2.55. The van der Waals surface area contributed by atoms with Gasteiger partial charge in [-0.2, -0.15) is 0 Å². The van der Waals surface area contributed by atoms with Crippen LogP contribution >= 0.6 is 0 Å². The summed E-state index contributed by atoms with van der Waals surface area (Å²) in [4.78, 5) is 12.0. The fourth-order valence-corrected chi connectivity index (χ4v) is 3.07. The zero-order valence-corrected chi connectivity index (χ0v) is 15.4. The van der Waals surface area contributed by atoms with Crippen LogP contribution in [0.4, 0.5) is 14.9 Å². The molecule has 0 aliphatic heterocycles. The predicted molar refractivity (Wildman–Crippen MR) is 99.8 cm³/mol. The summed E-state index contributed by atoms with van der Waals surface area (Å²) in [5.41, 5.74) is 1.58. The molecule has 6 nitrogen and oxygen atoms in total. The number of para-hydroxylation sites is 1. The topological polar surface area (TPSA) is 87.3 Å². The Balaban J connectivity index is 1.90. The summed E-state index contributed by atoms with van der Waals surface area (Å²) >= 11 is 0. The van der Waals surface area contributed by atoms with Crippen molar-refractivity contribution >= 4 is 21.7 Å². The second-order valence-electron chi connectivity index (χ2n) is 6.05. The minimum Gasteiger partial charge on any atom is -0.335 e. The van der Waals surface area contributed by atoms with Crippen LogP contribution in [0.25, 0.3) is 0 Å². The number of carbonyl (C=O) groups excluding carboxylic acids is 1. The summed E-state index contributed by atoms with van der Waals surface area (Å²) in [5.74, 6) is -0.303. The van der Waals surface area contributed by atoms with E-state index in [1.807, 2.05) is 0 Å². The molecule has 0 heterocycles. The molecule has 26 heavy (non-hydrogen) atoms.